The van der Waals surface area contributed by atoms with Gasteiger partial charge in [0.15, 0.2) is 5.78 Å². The maximum Gasteiger partial charge on any atom is 0.337 e. The third-order valence-electron chi connectivity index (χ3n) is 5.48. The third kappa shape index (κ3) is 7.79. The van der Waals surface area contributed by atoms with Gasteiger partial charge in [0.25, 0.3) is 0 Å². The van der Waals surface area contributed by atoms with Crippen LogP contribution in [0.4, 0.5) is 0 Å². The Morgan fingerprint density at radius 2 is 1.62 bits per heavy atom. The minimum absolute atomic E-state index is 0.0383. The molecule has 8 nitrogen and oxygen atoms in total. The van der Waals surface area contributed by atoms with Crippen LogP contribution in [0.25, 0.3) is 11.4 Å². The molecule has 0 radical (unpaired) electrons. The molecule has 0 amide bonds. The van der Waals surface area contributed by atoms with Crippen molar-refractivity contribution in [1.29, 1.82) is 0 Å². The smallest absolute Gasteiger partial charge is 0.337 e. The van der Waals surface area contributed by atoms with Gasteiger partial charge in [-0.1, -0.05) is 63.3 Å². The zero-order valence-electron chi connectivity index (χ0n) is 19.9. The molecule has 0 unspecified atom stereocenters. The van der Waals surface area contributed by atoms with Crippen LogP contribution in [-0.4, -0.2) is 45.7 Å². The van der Waals surface area contributed by atoms with Crippen molar-refractivity contribution in [3.05, 3.63) is 59.7 Å². The lowest BCUT2D eigenvalue weighted by Crippen LogP contribution is -2.19. The van der Waals surface area contributed by atoms with Crippen molar-refractivity contribution in [2.75, 3.05) is 13.7 Å². The molecule has 180 valence electrons. The molecule has 0 aliphatic rings. The molecule has 34 heavy (non-hydrogen) atoms. The van der Waals surface area contributed by atoms with Crippen LogP contribution in [0.1, 0.15) is 61.4 Å². The van der Waals surface area contributed by atoms with Crippen molar-refractivity contribution in [2.45, 2.75) is 58.4 Å². The Hall–Kier alpha value is -3.55. The van der Waals surface area contributed by atoms with Gasteiger partial charge in [-0.25, -0.2) is 4.79 Å². The molecule has 0 atom stereocenters. The van der Waals surface area contributed by atoms with Crippen molar-refractivity contribution in [2.24, 2.45) is 0 Å². The number of aryl methyl sites for hydroxylation is 1. The highest BCUT2D eigenvalue weighted by atomic mass is 16.5. The van der Waals surface area contributed by atoms with Crippen molar-refractivity contribution >= 4 is 11.8 Å². The molecular weight excluding hydrogens is 432 g/mol. The standard InChI is InChI=1S/C26H32N4O4/c1-3-4-5-6-7-8-9-20-10-16-24(17-11-20)34-19-23(31)18-30-28-25(27-29-30)21-12-14-22(15-13-21)26(32)33-2/h10-17H,3-9,18-19H2,1-2H3. The van der Waals surface area contributed by atoms with E-state index in [9.17, 15) is 9.59 Å². The first kappa shape index (κ1) is 25.1. The molecule has 0 aliphatic heterocycles. The normalized spacial score (nSPS) is 10.8. The molecule has 0 bridgehead atoms. The number of aromatic nitrogens is 4. The van der Waals surface area contributed by atoms with E-state index in [1.807, 2.05) is 12.1 Å². The lowest BCUT2D eigenvalue weighted by molar-refractivity contribution is -0.122. The number of hydrogen-bond donors (Lipinski definition) is 0. The molecule has 1 aromatic heterocycles. The van der Waals surface area contributed by atoms with E-state index in [1.165, 1.54) is 56.0 Å². The summed E-state index contributed by atoms with van der Waals surface area (Å²) in [4.78, 5) is 25.1. The fraction of sp³-hybridized carbons (Fsp3) is 0.423. The lowest BCUT2D eigenvalue weighted by atomic mass is 10.0. The van der Waals surface area contributed by atoms with E-state index in [2.05, 4.69) is 39.2 Å². The van der Waals surface area contributed by atoms with Crippen LogP contribution in [0.5, 0.6) is 5.75 Å². The second-order valence-corrected chi connectivity index (χ2v) is 8.20. The molecule has 0 saturated carbocycles. The average molecular weight is 465 g/mol. The SMILES string of the molecule is CCCCCCCCc1ccc(OCC(=O)Cn2nnc(-c3ccc(C(=O)OC)cc3)n2)cc1. The monoisotopic (exact) mass is 464 g/mol. The second-order valence-electron chi connectivity index (χ2n) is 8.20. The van der Waals surface area contributed by atoms with Crippen LogP contribution in [0.15, 0.2) is 48.5 Å². The summed E-state index contributed by atoms with van der Waals surface area (Å²) in [5, 5.41) is 12.1. The Kier molecular flexibility index (Phi) is 9.76. The number of carbonyl (C=O) groups is 2. The molecule has 0 saturated heterocycles. The summed E-state index contributed by atoms with van der Waals surface area (Å²) in [5.74, 6) is 0.450. The average Bonchev–Trinajstić information content (AvgIpc) is 3.33. The number of carbonyl (C=O) groups excluding carboxylic acids is 2. The van der Waals surface area contributed by atoms with E-state index in [0.717, 1.165) is 6.42 Å². The summed E-state index contributed by atoms with van der Waals surface area (Å²) in [5.41, 5.74) is 2.40. The number of methoxy groups -OCH3 is 1. The van der Waals surface area contributed by atoms with Gasteiger partial charge in [-0.2, -0.15) is 4.80 Å². The number of esters is 1. The Bertz CT molecular complexity index is 1050. The number of ether oxygens (including phenoxy) is 2. The van der Waals surface area contributed by atoms with Crippen LogP contribution in [0, 0.1) is 0 Å². The number of nitrogens with zero attached hydrogens (tertiary/aromatic N) is 4. The topological polar surface area (TPSA) is 96.2 Å². The summed E-state index contributed by atoms with van der Waals surface area (Å²) in [6.45, 7) is 2.13. The van der Waals surface area contributed by atoms with E-state index >= 15 is 0 Å². The van der Waals surface area contributed by atoms with Gasteiger partial charge in [-0.15, -0.1) is 10.2 Å². The number of rotatable bonds is 14. The van der Waals surface area contributed by atoms with Gasteiger partial charge >= 0.3 is 5.97 Å². The molecular formula is C26H32N4O4. The van der Waals surface area contributed by atoms with E-state index in [4.69, 9.17) is 4.74 Å². The number of unbranched alkanes of at least 4 members (excludes halogenated alkanes) is 5. The molecule has 8 heteroatoms. The number of ketones is 1. The Balaban J connectivity index is 1.41. The molecule has 0 spiro atoms. The van der Waals surface area contributed by atoms with Crippen molar-refractivity contribution in [3.8, 4) is 17.1 Å². The Labute approximate surface area is 200 Å². The fourth-order valence-corrected chi connectivity index (χ4v) is 3.53. The Morgan fingerprint density at radius 1 is 0.912 bits per heavy atom. The molecule has 0 fully saturated rings. The van der Waals surface area contributed by atoms with Gasteiger partial charge in [0.05, 0.1) is 12.7 Å². The molecule has 1 heterocycles. The number of benzene rings is 2. The number of Topliss-reactive ketones (excluding diaryl/α,β-unsaturated/α-hetero) is 1. The zero-order chi connectivity index (χ0) is 24.2. The van der Waals surface area contributed by atoms with Crippen molar-refractivity contribution in [3.63, 3.8) is 0 Å². The first-order valence-electron chi connectivity index (χ1n) is 11.8. The highest BCUT2D eigenvalue weighted by Crippen LogP contribution is 2.16. The lowest BCUT2D eigenvalue weighted by Gasteiger charge is -2.07. The first-order valence-corrected chi connectivity index (χ1v) is 11.8. The van der Waals surface area contributed by atoms with Gasteiger partial charge in [-0.05, 0) is 47.9 Å². The summed E-state index contributed by atoms with van der Waals surface area (Å²) < 4.78 is 10.3. The molecule has 3 aromatic rings. The Morgan fingerprint density at radius 3 is 2.32 bits per heavy atom. The fourth-order valence-electron chi connectivity index (χ4n) is 3.53. The summed E-state index contributed by atoms with van der Waals surface area (Å²) in [7, 11) is 1.33. The second kappa shape index (κ2) is 13.2. The van der Waals surface area contributed by atoms with Crippen LogP contribution < -0.4 is 4.74 Å². The van der Waals surface area contributed by atoms with Gasteiger partial charge < -0.3 is 9.47 Å². The molecule has 3 rings (SSSR count). The van der Waals surface area contributed by atoms with E-state index < -0.39 is 5.97 Å². The highest BCUT2D eigenvalue weighted by molar-refractivity contribution is 5.89. The van der Waals surface area contributed by atoms with Crippen LogP contribution in [0.3, 0.4) is 0 Å². The largest absolute Gasteiger partial charge is 0.486 e. The predicted molar refractivity (Wildman–Crippen MR) is 129 cm³/mol. The maximum absolute atomic E-state index is 12.3. The molecule has 0 aliphatic carbocycles. The summed E-state index contributed by atoms with van der Waals surface area (Å²) >= 11 is 0. The van der Waals surface area contributed by atoms with Gasteiger partial charge in [-0.3, -0.25) is 4.79 Å². The van der Waals surface area contributed by atoms with E-state index in [0.29, 0.717) is 22.7 Å². The molecule has 0 N–H and O–H groups in total. The van der Waals surface area contributed by atoms with Crippen LogP contribution in [0.2, 0.25) is 0 Å². The third-order valence-corrected chi connectivity index (χ3v) is 5.48. The minimum Gasteiger partial charge on any atom is -0.486 e. The minimum atomic E-state index is -0.416. The first-order chi connectivity index (χ1) is 16.6. The van der Waals surface area contributed by atoms with E-state index in [-0.39, 0.29) is 18.9 Å². The van der Waals surface area contributed by atoms with Crippen LogP contribution in [-0.2, 0) is 22.5 Å². The number of tetrazole rings is 1. The maximum atomic E-state index is 12.3. The van der Waals surface area contributed by atoms with E-state index in [1.54, 1.807) is 24.3 Å². The zero-order valence-corrected chi connectivity index (χ0v) is 19.9. The van der Waals surface area contributed by atoms with Gasteiger partial charge in [0.2, 0.25) is 5.82 Å². The summed E-state index contributed by atoms with van der Waals surface area (Å²) in [6, 6.07) is 14.6. The van der Waals surface area contributed by atoms with Gasteiger partial charge in [0.1, 0.15) is 18.9 Å². The highest BCUT2D eigenvalue weighted by Gasteiger charge is 2.12. The predicted octanol–water partition coefficient (Wildman–Crippen LogP) is 4.68. The van der Waals surface area contributed by atoms with Crippen molar-refractivity contribution < 1.29 is 19.1 Å². The summed E-state index contributed by atoms with van der Waals surface area (Å²) in [6.07, 6.45) is 8.76. The van der Waals surface area contributed by atoms with Crippen molar-refractivity contribution in [1.82, 2.24) is 20.2 Å². The quantitative estimate of drug-likeness (QED) is 0.252. The van der Waals surface area contributed by atoms with Crippen LogP contribution >= 0.6 is 0 Å². The van der Waals surface area contributed by atoms with Gasteiger partial charge in [0, 0.05) is 5.56 Å². The molecule has 2 aromatic carbocycles. The number of hydrogen-bond acceptors (Lipinski definition) is 7.